The van der Waals surface area contributed by atoms with E-state index in [2.05, 4.69) is 5.32 Å². The number of nitrogens with one attached hydrogen (secondary N) is 1. The van der Waals surface area contributed by atoms with E-state index in [1.807, 2.05) is 0 Å². The molecule has 0 atom stereocenters. The fourth-order valence-electron chi connectivity index (χ4n) is 1.72. The van der Waals surface area contributed by atoms with E-state index < -0.39 is 11.8 Å². The molecule has 22 heavy (non-hydrogen) atoms. The zero-order valence-electron chi connectivity index (χ0n) is 11.3. The highest BCUT2D eigenvalue weighted by Gasteiger charge is 2.11. The van der Waals surface area contributed by atoms with Crippen LogP contribution in [0.1, 0.15) is 10.4 Å². The third-order valence-corrected chi connectivity index (χ3v) is 3.26. The molecule has 0 saturated carbocycles. The number of primary amides is 1. The van der Waals surface area contributed by atoms with Crippen molar-refractivity contribution in [2.75, 3.05) is 11.9 Å². The highest BCUT2D eigenvalue weighted by molar-refractivity contribution is 6.36. The summed E-state index contributed by atoms with van der Waals surface area (Å²) in [6.45, 7) is -0.288. The van der Waals surface area contributed by atoms with Crippen molar-refractivity contribution in [1.29, 1.82) is 0 Å². The van der Waals surface area contributed by atoms with Gasteiger partial charge in [0.15, 0.2) is 6.61 Å². The minimum Gasteiger partial charge on any atom is -0.483 e. The van der Waals surface area contributed by atoms with Crippen LogP contribution in [0.3, 0.4) is 0 Å². The van der Waals surface area contributed by atoms with E-state index in [9.17, 15) is 9.59 Å². The topological polar surface area (TPSA) is 81.4 Å². The van der Waals surface area contributed by atoms with Crippen molar-refractivity contribution in [1.82, 2.24) is 0 Å². The van der Waals surface area contributed by atoms with E-state index in [0.717, 1.165) is 0 Å². The number of carbonyl (C=O) groups excluding carboxylic acids is 2. The van der Waals surface area contributed by atoms with E-state index in [-0.39, 0.29) is 17.9 Å². The molecule has 0 aliphatic heterocycles. The molecule has 114 valence electrons. The fraction of sp³-hybridized carbons (Fsp3) is 0.0667. The second kappa shape index (κ2) is 7.15. The summed E-state index contributed by atoms with van der Waals surface area (Å²) in [5.41, 5.74) is 5.86. The summed E-state index contributed by atoms with van der Waals surface area (Å²) in [7, 11) is 0. The summed E-state index contributed by atoms with van der Waals surface area (Å²) < 4.78 is 5.31. The number of rotatable bonds is 5. The average molecular weight is 339 g/mol. The van der Waals surface area contributed by atoms with Gasteiger partial charge in [0, 0.05) is 5.02 Å². The van der Waals surface area contributed by atoms with Crippen LogP contribution in [0.4, 0.5) is 5.69 Å². The molecular weight excluding hydrogens is 327 g/mol. The Balaban J connectivity index is 2.00. The number of anilines is 1. The molecule has 0 bridgehead atoms. The van der Waals surface area contributed by atoms with Gasteiger partial charge in [-0.2, -0.15) is 0 Å². The first kappa shape index (κ1) is 16.1. The lowest BCUT2D eigenvalue weighted by Gasteiger charge is -2.10. The van der Waals surface area contributed by atoms with Gasteiger partial charge in [-0.15, -0.1) is 0 Å². The van der Waals surface area contributed by atoms with Gasteiger partial charge in [-0.25, -0.2) is 0 Å². The lowest BCUT2D eigenvalue weighted by atomic mass is 10.2. The summed E-state index contributed by atoms with van der Waals surface area (Å²) in [6, 6.07) is 11.1. The normalized spacial score (nSPS) is 10.1. The number of para-hydroxylation sites is 1. The quantitative estimate of drug-likeness (QED) is 0.878. The van der Waals surface area contributed by atoms with Crippen LogP contribution in [0.15, 0.2) is 42.5 Å². The van der Waals surface area contributed by atoms with Gasteiger partial charge in [0.25, 0.3) is 11.8 Å². The van der Waals surface area contributed by atoms with E-state index in [1.165, 1.54) is 12.1 Å². The zero-order chi connectivity index (χ0) is 16.1. The smallest absolute Gasteiger partial charge is 0.262 e. The van der Waals surface area contributed by atoms with Crippen LogP contribution < -0.4 is 15.8 Å². The van der Waals surface area contributed by atoms with Crippen LogP contribution in [0, 0.1) is 0 Å². The summed E-state index contributed by atoms with van der Waals surface area (Å²) in [6.07, 6.45) is 0. The second-order valence-corrected chi connectivity index (χ2v) is 5.17. The lowest BCUT2D eigenvalue weighted by Crippen LogP contribution is -2.21. The average Bonchev–Trinajstić information content (AvgIpc) is 2.48. The molecule has 2 aromatic carbocycles. The summed E-state index contributed by atoms with van der Waals surface area (Å²) in [5, 5.41) is 3.37. The number of amides is 2. The number of nitrogens with two attached hydrogens (primary N) is 1. The van der Waals surface area contributed by atoms with Crippen molar-refractivity contribution in [3.63, 3.8) is 0 Å². The molecule has 0 aromatic heterocycles. The molecular formula is C15H12Cl2N2O3. The monoisotopic (exact) mass is 338 g/mol. The van der Waals surface area contributed by atoms with E-state index >= 15 is 0 Å². The molecule has 0 spiro atoms. The van der Waals surface area contributed by atoms with Gasteiger partial charge in [-0.1, -0.05) is 35.3 Å². The SMILES string of the molecule is NC(=O)c1ccccc1OCC(=O)Nc1ccc(Cl)cc1Cl. The van der Waals surface area contributed by atoms with Crippen LogP contribution in [-0.4, -0.2) is 18.4 Å². The number of hydrogen-bond donors (Lipinski definition) is 2. The minimum atomic E-state index is -0.628. The van der Waals surface area contributed by atoms with E-state index in [0.29, 0.717) is 15.7 Å². The largest absolute Gasteiger partial charge is 0.483 e. The molecule has 0 aliphatic rings. The first-order valence-corrected chi connectivity index (χ1v) is 6.99. The van der Waals surface area contributed by atoms with Crippen molar-refractivity contribution in [2.24, 2.45) is 5.73 Å². The van der Waals surface area contributed by atoms with Gasteiger partial charge in [-0.3, -0.25) is 9.59 Å². The fourth-order valence-corrected chi connectivity index (χ4v) is 2.17. The Hall–Kier alpha value is -2.24. The number of benzene rings is 2. The number of hydrogen-bond acceptors (Lipinski definition) is 3. The predicted octanol–water partition coefficient (Wildman–Crippen LogP) is 3.11. The van der Waals surface area contributed by atoms with Crippen LogP contribution in [0.25, 0.3) is 0 Å². The molecule has 0 fully saturated rings. The molecule has 2 amide bonds. The van der Waals surface area contributed by atoms with Crippen molar-refractivity contribution in [3.05, 3.63) is 58.1 Å². The molecule has 3 N–H and O–H groups in total. The maximum absolute atomic E-state index is 11.9. The Morgan fingerprint density at radius 3 is 2.55 bits per heavy atom. The third-order valence-electron chi connectivity index (χ3n) is 2.72. The van der Waals surface area contributed by atoms with Crippen molar-refractivity contribution in [2.45, 2.75) is 0 Å². The first-order chi connectivity index (χ1) is 10.5. The lowest BCUT2D eigenvalue weighted by molar-refractivity contribution is -0.118. The van der Waals surface area contributed by atoms with Crippen molar-refractivity contribution < 1.29 is 14.3 Å². The van der Waals surface area contributed by atoms with Crippen LogP contribution in [0.5, 0.6) is 5.75 Å². The van der Waals surface area contributed by atoms with Crippen molar-refractivity contribution >= 4 is 40.7 Å². The molecule has 5 nitrogen and oxygen atoms in total. The number of halogens is 2. The van der Waals surface area contributed by atoms with Crippen molar-refractivity contribution in [3.8, 4) is 5.75 Å². The van der Waals surface area contributed by atoms with Gasteiger partial charge >= 0.3 is 0 Å². The minimum absolute atomic E-state index is 0.208. The standard InChI is InChI=1S/C15H12Cl2N2O3/c16-9-5-6-12(11(17)7-9)19-14(20)8-22-13-4-2-1-3-10(13)15(18)21/h1-7H,8H2,(H2,18,21)(H,19,20). The van der Waals surface area contributed by atoms with Gasteiger partial charge in [0.1, 0.15) is 5.75 Å². The number of ether oxygens (including phenoxy) is 1. The first-order valence-electron chi connectivity index (χ1n) is 6.24. The molecule has 2 aromatic rings. The Morgan fingerprint density at radius 2 is 1.86 bits per heavy atom. The maximum Gasteiger partial charge on any atom is 0.262 e. The Bertz CT molecular complexity index is 720. The zero-order valence-corrected chi connectivity index (χ0v) is 12.8. The molecule has 0 saturated heterocycles. The van der Waals surface area contributed by atoms with Crippen LogP contribution >= 0.6 is 23.2 Å². The summed E-state index contributed by atoms with van der Waals surface area (Å²) >= 11 is 11.7. The number of carbonyl (C=O) groups is 2. The Morgan fingerprint density at radius 1 is 1.14 bits per heavy atom. The maximum atomic E-state index is 11.9. The molecule has 0 heterocycles. The molecule has 0 unspecified atom stereocenters. The highest BCUT2D eigenvalue weighted by atomic mass is 35.5. The highest BCUT2D eigenvalue weighted by Crippen LogP contribution is 2.25. The Labute approximate surface area is 137 Å². The predicted molar refractivity (Wildman–Crippen MR) is 85.5 cm³/mol. The van der Waals surface area contributed by atoms with Crippen LogP contribution in [-0.2, 0) is 4.79 Å². The summed E-state index contributed by atoms with van der Waals surface area (Å²) in [5.74, 6) is -0.812. The van der Waals surface area contributed by atoms with E-state index in [1.54, 1.807) is 30.3 Å². The molecule has 0 aliphatic carbocycles. The van der Waals surface area contributed by atoms with Gasteiger partial charge in [0.2, 0.25) is 0 Å². The molecule has 0 radical (unpaired) electrons. The Kier molecular flexibility index (Phi) is 5.25. The van der Waals surface area contributed by atoms with Crippen LogP contribution in [0.2, 0.25) is 10.0 Å². The third kappa shape index (κ3) is 4.13. The van der Waals surface area contributed by atoms with Gasteiger partial charge in [0.05, 0.1) is 16.3 Å². The second-order valence-electron chi connectivity index (χ2n) is 4.32. The summed E-state index contributed by atoms with van der Waals surface area (Å²) in [4.78, 5) is 23.1. The molecule has 2 rings (SSSR count). The van der Waals surface area contributed by atoms with E-state index in [4.69, 9.17) is 33.7 Å². The molecule has 7 heteroatoms. The van der Waals surface area contributed by atoms with Gasteiger partial charge < -0.3 is 15.8 Å². The van der Waals surface area contributed by atoms with Gasteiger partial charge in [-0.05, 0) is 30.3 Å².